The molecule has 1 fully saturated rings. The van der Waals surface area contributed by atoms with E-state index < -0.39 is 10.0 Å². The molecule has 1 aliphatic heterocycles. The van der Waals surface area contributed by atoms with Crippen molar-refractivity contribution in [3.05, 3.63) is 48.7 Å². The van der Waals surface area contributed by atoms with Crippen molar-refractivity contribution in [1.82, 2.24) is 14.6 Å². The first-order valence-corrected chi connectivity index (χ1v) is 14.4. The molecule has 1 aromatic heterocycles. The van der Waals surface area contributed by atoms with Gasteiger partial charge < -0.3 is 16.0 Å². The highest BCUT2D eigenvalue weighted by molar-refractivity contribution is 7.89. The van der Waals surface area contributed by atoms with E-state index in [0.717, 1.165) is 34.0 Å². The molecular formula is C25H29N5O3S3. The highest BCUT2D eigenvalue weighted by atomic mass is 32.2. The summed E-state index contributed by atoms with van der Waals surface area (Å²) >= 11 is 6.72. The van der Waals surface area contributed by atoms with Crippen LogP contribution in [0.25, 0.3) is 21.0 Å². The molecule has 0 spiro atoms. The van der Waals surface area contributed by atoms with E-state index in [1.54, 1.807) is 24.4 Å². The van der Waals surface area contributed by atoms with Crippen molar-refractivity contribution in [2.75, 3.05) is 23.7 Å². The van der Waals surface area contributed by atoms with Gasteiger partial charge in [-0.15, -0.1) is 11.3 Å². The van der Waals surface area contributed by atoms with E-state index in [1.807, 2.05) is 38.1 Å². The minimum Gasteiger partial charge on any atom is -0.360 e. The first-order chi connectivity index (χ1) is 17.1. The highest BCUT2D eigenvalue weighted by Gasteiger charge is 2.30. The van der Waals surface area contributed by atoms with Gasteiger partial charge in [-0.05, 0) is 75.3 Å². The van der Waals surface area contributed by atoms with Crippen LogP contribution in [0.4, 0.5) is 11.4 Å². The van der Waals surface area contributed by atoms with Gasteiger partial charge in [0.25, 0.3) is 0 Å². The summed E-state index contributed by atoms with van der Waals surface area (Å²) in [7, 11) is -3.72. The topological polar surface area (TPSA) is 103 Å². The van der Waals surface area contributed by atoms with Crippen LogP contribution < -0.4 is 16.0 Å². The van der Waals surface area contributed by atoms with Gasteiger partial charge in [-0.3, -0.25) is 4.79 Å². The van der Waals surface area contributed by atoms with Gasteiger partial charge in [-0.25, -0.2) is 13.4 Å². The molecule has 3 aromatic rings. The summed E-state index contributed by atoms with van der Waals surface area (Å²) in [5.74, 6) is -0.258. The average molecular weight is 544 g/mol. The molecule has 2 aromatic carbocycles. The number of anilines is 2. The zero-order valence-corrected chi connectivity index (χ0v) is 22.8. The molecule has 36 heavy (non-hydrogen) atoms. The Morgan fingerprint density at radius 2 is 1.72 bits per heavy atom. The van der Waals surface area contributed by atoms with Gasteiger partial charge in [0.05, 0.1) is 9.77 Å². The quantitative estimate of drug-likeness (QED) is 0.364. The molecule has 4 rings (SSSR count). The number of benzene rings is 2. The number of sulfonamides is 1. The molecule has 0 bridgehead atoms. The number of nitrogens with zero attached hydrogens (tertiary/aromatic N) is 2. The molecule has 1 aliphatic rings. The maximum atomic E-state index is 13.5. The van der Waals surface area contributed by atoms with E-state index in [4.69, 9.17) is 12.2 Å². The minimum atomic E-state index is -3.72. The summed E-state index contributed by atoms with van der Waals surface area (Å²) in [6.45, 7) is 6.43. The Bertz CT molecular complexity index is 1360. The largest absolute Gasteiger partial charge is 0.360 e. The lowest BCUT2D eigenvalue weighted by atomic mass is 10.2. The van der Waals surface area contributed by atoms with Crippen LogP contribution in [0.3, 0.4) is 0 Å². The van der Waals surface area contributed by atoms with Gasteiger partial charge in [-0.1, -0.05) is 6.07 Å². The van der Waals surface area contributed by atoms with E-state index in [9.17, 15) is 13.2 Å². The number of aromatic nitrogens is 1. The maximum absolute atomic E-state index is 13.5. The Hall–Kier alpha value is -2.86. The Kier molecular flexibility index (Phi) is 8.04. The molecule has 1 saturated heterocycles. The van der Waals surface area contributed by atoms with Crippen LogP contribution in [0.5, 0.6) is 0 Å². The fraction of sp³-hybridized carbons (Fsp3) is 0.320. The third-order valence-corrected chi connectivity index (χ3v) is 8.80. The fourth-order valence-corrected chi connectivity index (χ4v) is 7.07. The van der Waals surface area contributed by atoms with Crippen molar-refractivity contribution in [2.45, 2.75) is 44.6 Å². The van der Waals surface area contributed by atoms with Gasteiger partial charge in [0, 0.05) is 54.8 Å². The van der Waals surface area contributed by atoms with Crippen LogP contribution in [-0.4, -0.2) is 47.9 Å². The summed E-state index contributed by atoms with van der Waals surface area (Å²) < 4.78 is 28.5. The minimum absolute atomic E-state index is 0.177. The van der Waals surface area contributed by atoms with E-state index in [2.05, 4.69) is 20.9 Å². The van der Waals surface area contributed by atoms with E-state index in [-0.39, 0.29) is 16.8 Å². The number of carbonyl (C=O) groups is 1. The fourth-order valence-electron chi connectivity index (χ4n) is 3.95. The maximum Gasteiger partial charge on any atom is 0.243 e. The number of amides is 1. The average Bonchev–Trinajstić information content (AvgIpc) is 3.52. The van der Waals surface area contributed by atoms with Crippen LogP contribution in [0.1, 0.15) is 33.6 Å². The van der Waals surface area contributed by atoms with Crippen LogP contribution in [0, 0.1) is 0 Å². The Morgan fingerprint density at radius 1 is 1.06 bits per heavy atom. The third-order valence-electron chi connectivity index (χ3n) is 5.57. The van der Waals surface area contributed by atoms with Crippen molar-refractivity contribution < 1.29 is 13.2 Å². The molecule has 8 nitrogen and oxygen atoms in total. The Balaban J connectivity index is 1.64. The standard InChI is InChI=1S/C25H29N5O3S3/c1-16(2)27-25(34)29-19-8-6-18(7-9-19)24-26-15-22(35-24)21-11-10-20(28-17(3)31)14-23(21)36(32,33)30-12-4-5-13-30/h6-11,14-16H,4-5,12-13H2,1-3H3,(H,28,31)(H2,27,29,34). The molecule has 1 amide bonds. The second-order valence-electron chi connectivity index (χ2n) is 8.86. The van der Waals surface area contributed by atoms with Crippen LogP contribution in [0.2, 0.25) is 0 Å². The SMILES string of the molecule is CC(=O)Nc1ccc(-c2cnc(-c3ccc(NC(=S)NC(C)C)cc3)s2)c(S(=O)(=O)N2CCCC2)c1. The number of rotatable bonds is 7. The Morgan fingerprint density at radius 3 is 2.36 bits per heavy atom. The first kappa shape index (κ1) is 26.2. The van der Waals surface area contributed by atoms with Crippen molar-refractivity contribution in [3.63, 3.8) is 0 Å². The number of thiazole rings is 1. The molecule has 11 heteroatoms. The lowest BCUT2D eigenvalue weighted by molar-refractivity contribution is -0.114. The van der Waals surface area contributed by atoms with Crippen molar-refractivity contribution in [2.24, 2.45) is 0 Å². The van der Waals surface area contributed by atoms with Gasteiger partial charge in [0.1, 0.15) is 5.01 Å². The number of hydrogen-bond donors (Lipinski definition) is 3. The molecule has 2 heterocycles. The molecular weight excluding hydrogens is 515 g/mol. The molecule has 190 valence electrons. The highest BCUT2D eigenvalue weighted by Crippen LogP contribution is 2.38. The van der Waals surface area contributed by atoms with Crippen LogP contribution in [0.15, 0.2) is 53.6 Å². The zero-order valence-electron chi connectivity index (χ0n) is 20.4. The van der Waals surface area contributed by atoms with E-state index in [0.29, 0.717) is 29.5 Å². The lowest BCUT2D eigenvalue weighted by Crippen LogP contribution is -2.33. The van der Waals surface area contributed by atoms with Gasteiger partial charge in [0.15, 0.2) is 5.11 Å². The monoisotopic (exact) mass is 543 g/mol. The summed E-state index contributed by atoms with van der Waals surface area (Å²) in [6.07, 6.45) is 3.38. The third kappa shape index (κ3) is 6.09. The number of thiocarbonyl (C=S) groups is 1. The normalized spacial score (nSPS) is 14.1. The first-order valence-electron chi connectivity index (χ1n) is 11.7. The van der Waals surface area contributed by atoms with E-state index >= 15 is 0 Å². The van der Waals surface area contributed by atoms with Crippen molar-refractivity contribution in [3.8, 4) is 21.0 Å². The summed E-state index contributed by atoms with van der Waals surface area (Å²) in [5, 5.41) is 10.3. The molecule has 0 saturated carbocycles. The van der Waals surface area contributed by atoms with Crippen LogP contribution in [-0.2, 0) is 14.8 Å². The van der Waals surface area contributed by atoms with Crippen LogP contribution >= 0.6 is 23.6 Å². The zero-order chi connectivity index (χ0) is 25.9. The smallest absolute Gasteiger partial charge is 0.243 e. The lowest BCUT2D eigenvalue weighted by Gasteiger charge is -2.18. The molecule has 0 unspecified atom stereocenters. The van der Waals surface area contributed by atoms with E-state index in [1.165, 1.54) is 22.6 Å². The van der Waals surface area contributed by atoms with Crippen molar-refractivity contribution >= 4 is 56.0 Å². The molecule has 0 radical (unpaired) electrons. The predicted octanol–water partition coefficient (Wildman–Crippen LogP) is 4.91. The second kappa shape index (κ2) is 11.0. The van der Waals surface area contributed by atoms with Gasteiger partial charge in [-0.2, -0.15) is 4.31 Å². The summed E-state index contributed by atoms with van der Waals surface area (Å²) in [5.41, 5.74) is 2.80. The number of hydrogen-bond acceptors (Lipinski definition) is 6. The molecule has 3 N–H and O–H groups in total. The molecule has 0 aliphatic carbocycles. The summed E-state index contributed by atoms with van der Waals surface area (Å²) in [6, 6.07) is 13.0. The Labute approximate surface area is 221 Å². The molecule has 0 atom stereocenters. The summed E-state index contributed by atoms with van der Waals surface area (Å²) in [4.78, 5) is 17.1. The second-order valence-corrected chi connectivity index (χ2v) is 12.2. The number of carbonyl (C=O) groups excluding carboxylic acids is 1. The van der Waals surface area contributed by atoms with Crippen molar-refractivity contribution in [1.29, 1.82) is 0 Å². The number of nitrogens with one attached hydrogen (secondary N) is 3. The van der Waals surface area contributed by atoms with Gasteiger partial charge >= 0.3 is 0 Å². The predicted molar refractivity (Wildman–Crippen MR) is 150 cm³/mol. The van der Waals surface area contributed by atoms with Gasteiger partial charge in [0.2, 0.25) is 15.9 Å².